The van der Waals surface area contributed by atoms with E-state index in [9.17, 15) is 0 Å². The van der Waals surface area contributed by atoms with Gasteiger partial charge in [0, 0.05) is 62.9 Å². The fraction of sp³-hybridized carbons (Fsp3) is 0.700. The van der Waals surface area contributed by atoms with Gasteiger partial charge in [-0.1, -0.05) is 6.42 Å². The third kappa shape index (κ3) is 3.45. The number of rotatable bonds is 7. The summed E-state index contributed by atoms with van der Waals surface area (Å²) in [6, 6.07) is 0.327. The Hall–Kier alpha value is -1.66. The summed E-state index contributed by atoms with van der Waals surface area (Å²) < 4.78 is 10.2. The van der Waals surface area contributed by atoms with Crippen LogP contribution in [0.15, 0.2) is 12.4 Å². The molecule has 4 rings (SSSR count). The molecule has 6 heteroatoms. The average Bonchev–Trinajstić information content (AvgIpc) is 3.14. The highest BCUT2D eigenvalue weighted by Crippen LogP contribution is 2.28. The first-order valence-electron chi connectivity index (χ1n) is 9.97. The van der Waals surface area contributed by atoms with Gasteiger partial charge in [-0.3, -0.25) is 9.58 Å². The highest BCUT2D eigenvalue weighted by Gasteiger charge is 2.27. The zero-order chi connectivity index (χ0) is 18.1. The molecule has 0 saturated heterocycles. The van der Waals surface area contributed by atoms with Crippen LogP contribution in [0.5, 0.6) is 0 Å². The second kappa shape index (κ2) is 7.53. The molecule has 0 radical (unpaired) electrons. The van der Waals surface area contributed by atoms with Crippen LogP contribution in [0.2, 0.25) is 0 Å². The molecule has 2 aliphatic rings. The van der Waals surface area contributed by atoms with Gasteiger partial charge in [0.25, 0.3) is 0 Å². The second-order valence-electron chi connectivity index (χ2n) is 7.91. The van der Waals surface area contributed by atoms with Crippen LogP contribution in [0.4, 0.5) is 0 Å². The number of aryl methyl sites for hydroxylation is 1. The van der Waals surface area contributed by atoms with Crippen molar-refractivity contribution in [1.82, 2.24) is 24.2 Å². The monoisotopic (exact) mass is 357 g/mol. The fourth-order valence-corrected chi connectivity index (χ4v) is 4.02. The molecule has 1 fully saturated rings. The van der Waals surface area contributed by atoms with Gasteiger partial charge in [-0.15, -0.1) is 0 Å². The third-order valence-electron chi connectivity index (χ3n) is 6.29. The molecular weight excluding hydrogens is 326 g/mol. The number of hydrogen-bond acceptors (Lipinski definition) is 4. The number of fused-ring (bicyclic) bond motifs is 1. The summed E-state index contributed by atoms with van der Waals surface area (Å²) in [5.41, 5.74) is 3.87. The first-order chi connectivity index (χ1) is 12.6. The van der Waals surface area contributed by atoms with Crippen LogP contribution in [-0.4, -0.2) is 44.0 Å². The van der Waals surface area contributed by atoms with Gasteiger partial charge < -0.3 is 9.30 Å². The molecule has 6 nitrogen and oxygen atoms in total. The Morgan fingerprint density at radius 2 is 2.08 bits per heavy atom. The number of aromatic nitrogens is 4. The Kier molecular flexibility index (Phi) is 5.14. The molecule has 26 heavy (non-hydrogen) atoms. The van der Waals surface area contributed by atoms with Crippen LogP contribution in [-0.2, 0) is 31.3 Å². The largest absolute Gasteiger partial charge is 0.381 e. The van der Waals surface area contributed by atoms with Crippen molar-refractivity contribution in [3.8, 4) is 0 Å². The van der Waals surface area contributed by atoms with Gasteiger partial charge in [-0.25, -0.2) is 4.98 Å². The molecule has 1 atom stereocenters. The summed E-state index contributed by atoms with van der Waals surface area (Å²) in [7, 11) is 2.00. The summed E-state index contributed by atoms with van der Waals surface area (Å²) in [4.78, 5) is 7.25. The molecule has 2 aromatic rings. The van der Waals surface area contributed by atoms with Gasteiger partial charge in [0.2, 0.25) is 0 Å². The predicted molar refractivity (Wildman–Crippen MR) is 101 cm³/mol. The summed E-state index contributed by atoms with van der Waals surface area (Å²) in [6.45, 7) is 9.16. The summed E-state index contributed by atoms with van der Waals surface area (Å²) >= 11 is 0. The maximum absolute atomic E-state index is 5.88. The van der Waals surface area contributed by atoms with Crippen LogP contribution in [0.3, 0.4) is 0 Å². The van der Waals surface area contributed by atoms with Crippen molar-refractivity contribution in [1.29, 1.82) is 0 Å². The van der Waals surface area contributed by atoms with Crippen molar-refractivity contribution in [3.05, 3.63) is 35.2 Å². The lowest BCUT2D eigenvalue weighted by Crippen LogP contribution is -2.37. The Morgan fingerprint density at radius 1 is 1.23 bits per heavy atom. The maximum Gasteiger partial charge on any atom is 0.126 e. The van der Waals surface area contributed by atoms with E-state index in [4.69, 9.17) is 9.72 Å². The van der Waals surface area contributed by atoms with Crippen molar-refractivity contribution in [2.45, 2.75) is 58.7 Å². The molecule has 1 aliphatic carbocycles. The zero-order valence-corrected chi connectivity index (χ0v) is 16.3. The third-order valence-corrected chi connectivity index (χ3v) is 6.29. The summed E-state index contributed by atoms with van der Waals surface area (Å²) in [5.74, 6) is 2.01. The number of ether oxygens (including phenoxy) is 1. The topological polar surface area (TPSA) is 48.1 Å². The minimum Gasteiger partial charge on any atom is -0.381 e. The van der Waals surface area contributed by atoms with Crippen molar-refractivity contribution < 1.29 is 4.74 Å². The van der Waals surface area contributed by atoms with E-state index < -0.39 is 0 Å². The minimum absolute atomic E-state index is 0.327. The molecule has 2 aromatic heterocycles. The van der Waals surface area contributed by atoms with E-state index in [0.29, 0.717) is 6.04 Å². The lowest BCUT2D eigenvalue weighted by Gasteiger charge is -2.34. The smallest absolute Gasteiger partial charge is 0.126 e. The molecule has 1 saturated carbocycles. The molecule has 0 bridgehead atoms. The van der Waals surface area contributed by atoms with Gasteiger partial charge >= 0.3 is 0 Å². The van der Waals surface area contributed by atoms with Gasteiger partial charge in [-0.2, -0.15) is 5.10 Å². The van der Waals surface area contributed by atoms with E-state index in [1.807, 2.05) is 17.9 Å². The van der Waals surface area contributed by atoms with Crippen LogP contribution < -0.4 is 0 Å². The zero-order valence-electron chi connectivity index (χ0n) is 16.3. The van der Waals surface area contributed by atoms with Crippen molar-refractivity contribution in [3.63, 3.8) is 0 Å². The van der Waals surface area contributed by atoms with Gasteiger partial charge in [0.15, 0.2) is 0 Å². The highest BCUT2D eigenvalue weighted by molar-refractivity contribution is 5.17. The first kappa shape index (κ1) is 17.7. The Morgan fingerprint density at radius 3 is 2.77 bits per heavy atom. The van der Waals surface area contributed by atoms with E-state index in [2.05, 4.69) is 34.6 Å². The van der Waals surface area contributed by atoms with E-state index in [1.165, 1.54) is 42.0 Å². The van der Waals surface area contributed by atoms with E-state index in [0.717, 1.165) is 45.2 Å². The molecule has 1 aliphatic heterocycles. The van der Waals surface area contributed by atoms with E-state index in [-0.39, 0.29) is 0 Å². The first-order valence-corrected chi connectivity index (χ1v) is 9.97. The maximum atomic E-state index is 5.88. The number of imidazole rings is 1. The van der Waals surface area contributed by atoms with E-state index in [1.54, 1.807) is 0 Å². The summed E-state index contributed by atoms with van der Waals surface area (Å²) in [5, 5.41) is 4.37. The van der Waals surface area contributed by atoms with Gasteiger partial charge in [0.1, 0.15) is 5.82 Å². The fourth-order valence-electron chi connectivity index (χ4n) is 4.02. The Labute approximate surface area is 156 Å². The molecule has 0 aromatic carbocycles. The van der Waals surface area contributed by atoms with Crippen LogP contribution in [0, 0.1) is 12.8 Å². The van der Waals surface area contributed by atoms with Crippen LogP contribution >= 0.6 is 0 Å². The van der Waals surface area contributed by atoms with Crippen molar-refractivity contribution in [2.24, 2.45) is 13.0 Å². The second-order valence-corrected chi connectivity index (χ2v) is 7.91. The number of nitrogens with zero attached hydrogens (tertiary/aromatic N) is 5. The Balaban J connectivity index is 1.35. The molecule has 3 heterocycles. The standard InChI is InChI=1S/C20H31N5O/c1-15-18(11-22-23(15)3)13-24-8-9-25-19(12-21-20(25)16(24)2)7-10-26-14-17-5-4-6-17/h11-12,16-17H,4-10,13-14H2,1-3H3/t16-/m0/s1. The molecule has 0 N–H and O–H groups in total. The normalized spacial score (nSPS) is 21.0. The van der Waals surface area contributed by atoms with Gasteiger partial charge in [-0.05, 0) is 32.6 Å². The highest BCUT2D eigenvalue weighted by atomic mass is 16.5. The van der Waals surface area contributed by atoms with Crippen LogP contribution in [0.1, 0.15) is 55.0 Å². The lowest BCUT2D eigenvalue weighted by molar-refractivity contribution is 0.0711. The molecule has 0 amide bonds. The van der Waals surface area contributed by atoms with E-state index >= 15 is 0 Å². The van der Waals surface area contributed by atoms with Crippen LogP contribution in [0.25, 0.3) is 0 Å². The Bertz CT molecular complexity index is 745. The molecular formula is C20H31N5O. The minimum atomic E-state index is 0.327. The van der Waals surface area contributed by atoms with Crippen molar-refractivity contribution in [2.75, 3.05) is 19.8 Å². The lowest BCUT2D eigenvalue weighted by atomic mass is 9.86. The predicted octanol–water partition coefficient (Wildman–Crippen LogP) is 2.86. The molecule has 142 valence electrons. The summed E-state index contributed by atoms with van der Waals surface area (Å²) in [6.07, 6.45) is 9.11. The molecule has 0 spiro atoms. The van der Waals surface area contributed by atoms with Gasteiger partial charge in [0.05, 0.1) is 18.8 Å². The average molecular weight is 358 g/mol. The molecule has 0 unspecified atom stereocenters. The number of hydrogen-bond donors (Lipinski definition) is 0. The SMILES string of the molecule is Cc1c(CN2CCn3c(CCOCC4CCC4)cnc3[C@@H]2C)cnn1C. The quantitative estimate of drug-likeness (QED) is 0.715. The van der Waals surface area contributed by atoms with Crippen molar-refractivity contribution >= 4 is 0 Å².